The van der Waals surface area contributed by atoms with Gasteiger partial charge in [-0.3, -0.25) is 14.4 Å². The highest BCUT2D eigenvalue weighted by molar-refractivity contribution is 6.32. The number of rotatable bonds is 2. The van der Waals surface area contributed by atoms with Crippen molar-refractivity contribution in [1.29, 1.82) is 0 Å². The highest BCUT2D eigenvalue weighted by atomic mass is 16.3. The Hall–Kier alpha value is -2.99. The van der Waals surface area contributed by atoms with Crippen LogP contribution in [0.2, 0.25) is 0 Å². The van der Waals surface area contributed by atoms with Gasteiger partial charge < -0.3 is 15.9 Å². The number of fused-ring (bicyclic) bond motifs is 3. The van der Waals surface area contributed by atoms with Gasteiger partial charge in [0.05, 0.1) is 17.7 Å². The molecule has 6 nitrogen and oxygen atoms in total. The molecule has 4 N–H and O–H groups in total. The van der Waals surface area contributed by atoms with Gasteiger partial charge in [0, 0.05) is 27.8 Å². The van der Waals surface area contributed by atoms with Gasteiger partial charge in [-0.05, 0) is 25.7 Å². The molecule has 4 rings (SSSR count). The molecular weight excluding hydrogens is 334 g/mol. The Bertz CT molecular complexity index is 1010. The molecule has 0 radical (unpaired) electrons. The predicted octanol–water partition coefficient (Wildman–Crippen LogP) is 1.89. The predicted molar refractivity (Wildman–Crippen MR) is 93.1 cm³/mol. The summed E-state index contributed by atoms with van der Waals surface area (Å²) >= 11 is 0. The number of phenols is 2. The molecule has 2 aromatic rings. The molecule has 0 aromatic heterocycles. The summed E-state index contributed by atoms with van der Waals surface area (Å²) in [5.74, 6) is -2.15. The number of nitrogens with two attached hydrogens (primary N) is 1. The number of aromatic hydroxyl groups is 2. The SMILES string of the molecule is NCC(=O)c1cccc2c1C(=O)c1c(O)c3c(c(O)c1C2=O)CCCC3. The number of hydrogen-bond acceptors (Lipinski definition) is 6. The van der Waals surface area contributed by atoms with Crippen LogP contribution in [0.1, 0.15) is 66.2 Å². The third-order valence-electron chi connectivity index (χ3n) is 5.24. The largest absolute Gasteiger partial charge is 0.507 e. The first-order valence-corrected chi connectivity index (χ1v) is 8.52. The third-order valence-corrected chi connectivity index (χ3v) is 5.24. The molecule has 26 heavy (non-hydrogen) atoms. The lowest BCUT2D eigenvalue weighted by Gasteiger charge is -2.26. The Labute approximate surface area is 149 Å². The van der Waals surface area contributed by atoms with Gasteiger partial charge in [0.15, 0.2) is 17.3 Å². The highest BCUT2D eigenvalue weighted by Crippen LogP contribution is 2.45. The van der Waals surface area contributed by atoms with E-state index < -0.39 is 17.3 Å². The monoisotopic (exact) mass is 351 g/mol. The zero-order chi connectivity index (χ0) is 18.6. The Kier molecular flexibility index (Phi) is 3.66. The van der Waals surface area contributed by atoms with Crippen LogP contribution in [0.3, 0.4) is 0 Å². The molecular formula is C20H17NO5. The smallest absolute Gasteiger partial charge is 0.199 e. The molecule has 2 aromatic carbocycles. The van der Waals surface area contributed by atoms with E-state index in [-0.39, 0.29) is 45.9 Å². The fourth-order valence-electron chi connectivity index (χ4n) is 4.00. The quantitative estimate of drug-likeness (QED) is 0.479. The second kappa shape index (κ2) is 5.78. The second-order valence-corrected chi connectivity index (χ2v) is 6.63. The van der Waals surface area contributed by atoms with E-state index in [2.05, 4.69) is 0 Å². The van der Waals surface area contributed by atoms with Crippen molar-refractivity contribution in [2.24, 2.45) is 5.73 Å². The van der Waals surface area contributed by atoms with Crippen LogP contribution in [0, 0.1) is 0 Å². The van der Waals surface area contributed by atoms with Crippen LogP contribution in [0.15, 0.2) is 18.2 Å². The third kappa shape index (κ3) is 2.05. The molecule has 0 atom stereocenters. The summed E-state index contributed by atoms with van der Waals surface area (Å²) in [6.07, 6.45) is 2.74. The lowest BCUT2D eigenvalue weighted by Crippen LogP contribution is -2.27. The number of phenolic OH excluding ortho intramolecular Hbond substituents is 2. The van der Waals surface area contributed by atoms with Crippen LogP contribution in [-0.2, 0) is 12.8 Å². The average Bonchev–Trinajstić information content (AvgIpc) is 2.67. The van der Waals surface area contributed by atoms with Crippen LogP contribution in [-0.4, -0.2) is 34.1 Å². The summed E-state index contributed by atoms with van der Waals surface area (Å²) < 4.78 is 0. The Morgan fingerprint density at radius 1 is 0.923 bits per heavy atom. The minimum atomic E-state index is -0.631. The first-order chi connectivity index (χ1) is 12.5. The summed E-state index contributed by atoms with van der Waals surface area (Å²) in [5, 5.41) is 21.4. The van der Waals surface area contributed by atoms with Gasteiger partial charge in [0.25, 0.3) is 0 Å². The highest BCUT2D eigenvalue weighted by Gasteiger charge is 2.39. The van der Waals surface area contributed by atoms with E-state index in [0.29, 0.717) is 24.0 Å². The molecule has 0 bridgehead atoms. The number of Topliss-reactive ketones (excluding diaryl/α,β-unsaturated/α-hetero) is 1. The second-order valence-electron chi connectivity index (χ2n) is 6.63. The van der Waals surface area contributed by atoms with Crippen molar-refractivity contribution in [3.8, 4) is 11.5 Å². The fraction of sp³-hybridized carbons (Fsp3) is 0.250. The number of carbonyl (C=O) groups excluding carboxylic acids is 3. The van der Waals surface area contributed by atoms with Crippen LogP contribution in [0.4, 0.5) is 0 Å². The Morgan fingerprint density at radius 2 is 1.50 bits per heavy atom. The lowest BCUT2D eigenvalue weighted by molar-refractivity contribution is 0.0960. The molecule has 0 saturated carbocycles. The molecule has 0 unspecified atom stereocenters. The maximum atomic E-state index is 13.1. The van der Waals surface area contributed by atoms with Crippen LogP contribution >= 0.6 is 0 Å². The molecule has 0 heterocycles. The minimum absolute atomic E-state index is 0.0484. The van der Waals surface area contributed by atoms with Gasteiger partial charge in [-0.25, -0.2) is 0 Å². The van der Waals surface area contributed by atoms with Gasteiger partial charge in [-0.15, -0.1) is 0 Å². The van der Waals surface area contributed by atoms with Crippen LogP contribution < -0.4 is 5.73 Å². The summed E-state index contributed by atoms with van der Waals surface area (Å²) in [4.78, 5) is 38.3. The van der Waals surface area contributed by atoms with E-state index in [4.69, 9.17) is 5.73 Å². The van der Waals surface area contributed by atoms with Gasteiger partial charge in [0.2, 0.25) is 0 Å². The first kappa shape index (κ1) is 16.5. The van der Waals surface area contributed by atoms with E-state index in [1.807, 2.05) is 0 Å². The van der Waals surface area contributed by atoms with E-state index in [1.165, 1.54) is 18.2 Å². The summed E-state index contributed by atoms with van der Waals surface area (Å²) in [6.45, 7) is -0.299. The average molecular weight is 351 g/mol. The lowest BCUT2D eigenvalue weighted by atomic mass is 9.76. The van der Waals surface area contributed by atoms with E-state index >= 15 is 0 Å². The first-order valence-electron chi connectivity index (χ1n) is 8.52. The molecule has 0 amide bonds. The zero-order valence-electron chi connectivity index (χ0n) is 14.0. The van der Waals surface area contributed by atoms with E-state index in [9.17, 15) is 24.6 Å². The summed E-state index contributed by atoms with van der Waals surface area (Å²) in [7, 11) is 0. The number of carbonyl (C=O) groups is 3. The molecule has 0 aliphatic heterocycles. The molecule has 6 heteroatoms. The van der Waals surface area contributed by atoms with Crippen molar-refractivity contribution in [2.45, 2.75) is 25.7 Å². The van der Waals surface area contributed by atoms with Gasteiger partial charge in [-0.1, -0.05) is 18.2 Å². The zero-order valence-corrected chi connectivity index (χ0v) is 14.0. The normalized spacial score (nSPS) is 15.3. The molecule has 0 fully saturated rings. The summed E-state index contributed by atoms with van der Waals surface area (Å²) in [6, 6.07) is 4.40. The van der Waals surface area contributed by atoms with Crippen LogP contribution in [0.5, 0.6) is 11.5 Å². The topological polar surface area (TPSA) is 118 Å². The van der Waals surface area contributed by atoms with Crippen molar-refractivity contribution in [1.82, 2.24) is 0 Å². The van der Waals surface area contributed by atoms with Crippen molar-refractivity contribution in [3.63, 3.8) is 0 Å². The van der Waals surface area contributed by atoms with Crippen molar-refractivity contribution in [2.75, 3.05) is 6.54 Å². The molecule has 132 valence electrons. The summed E-state index contributed by atoms with van der Waals surface area (Å²) in [5.41, 5.74) is 6.15. The molecule has 0 saturated heterocycles. The van der Waals surface area contributed by atoms with E-state index in [0.717, 1.165) is 12.8 Å². The number of hydrogen-bond donors (Lipinski definition) is 3. The Balaban J connectivity index is 2.05. The maximum Gasteiger partial charge on any atom is 0.199 e. The van der Waals surface area contributed by atoms with Crippen LogP contribution in [0.25, 0.3) is 0 Å². The van der Waals surface area contributed by atoms with Crippen molar-refractivity contribution >= 4 is 17.3 Å². The minimum Gasteiger partial charge on any atom is -0.507 e. The van der Waals surface area contributed by atoms with Gasteiger partial charge in [-0.2, -0.15) is 0 Å². The number of benzene rings is 2. The van der Waals surface area contributed by atoms with Crippen molar-refractivity contribution in [3.05, 3.63) is 57.1 Å². The fourth-order valence-corrected chi connectivity index (χ4v) is 4.00. The molecule has 2 aliphatic carbocycles. The van der Waals surface area contributed by atoms with E-state index in [1.54, 1.807) is 0 Å². The van der Waals surface area contributed by atoms with Crippen molar-refractivity contribution < 1.29 is 24.6 Å². The molecule has 0 spiro atoms. The molecule has 2 aliphatic rings. The number of ketones is 3. The van der Waals surface area contributed by atoms with Gasteiger partial charge >= 0.3 is 0 Å². The standard InChI is InChI=1S/C20H17NO5/c21-8-13(22)11-6-3-7-12-14(11)20(26)16-15(19(12)25)17(23)9-4-1-2-5-10(9)18(16)24/h3,6-7,23-24H,1-2,4-5,8,21H2. The Morgan fingerprint density at radius 3 is 2.08 bits per heavy atom. The maximum absolute atomic E-state index is 13.1. The van der Waals surface area contributed by atoms with Gasteiger partial charge in [0.1, 0.15) is 11.5 Å².